The summed E-state index contributed by atoms with van der Waals surface area (Å²) in [6.45, 7) is 1.75. The Kier molecular flexibility index (Phi) is 5.13. The average molecular weight is 304 g/mol. The lowest BCUT2D eigenvalue weighted by Crippen LogP contribution is -2.56. The molecule has 5 nitrogen and oxygen atoms in total. The van der Waals surface area contributed by atoms with Crippen LogP contribution in [-0.4, -0.2) is 34.8 Å². The van der Waals surface area contributed by atoms with Crippen molar-refractivity contribution >= 4 is 5.91 Å². The summed E-state index contributed by atoms with van der Waals surface area (Å²) in [5.74, 6) is 0.170. The van der Waals surface area contributed by atoms with E-state index >= 15 is 0 Å². The Hall–Kier alpha value is -1.36. The molecule has 0 unspecified atom stereocenters. The van der Waals surface area contributed by atoms with Gasteiger partial charge < -0.3 is 10.6 Å². The molecule has 0 bridgehead atoms. The number of amides is 1. The maximum Gasteiger partial charge on any atom is 0.248 e. The molecule has 5 heteroatoms. The van der Waals surface area contributed by atoms with Crippen LogP contribution in [-0.2, 0) is 10.3 Å². The first-order valence-corrected chi connectivity index (χ1v) is 8.83. The fraction of sp³-hybridized carbons (Fsp3) is 0.765. The molecule has 1 aliphatic carbocycles. The zero-order valence-electron chi connectivity index (χ0n) is 13.4. The van der Waals surface area contributed by atoms with Gasteiger partial charge in [0.15, 0.2) is 0 Å². The third-order valence-electron chi connectivity index (χ3n) is 5.24. The normalized spacial score (nSPS) is 23.5. The van der Waals surface area contributed by atoms with Crippen LogP contribution in [0.4, 0.5) is 0 Å². The van der Waals surface area contributed by atoms with Gasteiger partial charge in [-0.2, -0.15) is 5.10 Å². The van der Waals surface area contributed by atoms with Crippen LogP contribution in [0.2, 0.25) is 0 Å². The highest BCUT2D eigenvalue weighted by atomic mass is 16.2. The number of rotatable bonds is 3. The molecule has 22 heavy (non-hydrogen) atoms. The van der Waals surface area contributed by atoms with Gasteiger partial charge in [0.25, 0.3) is 0 Å². The first-order chi connectivity index (χ1) is 10.8. The molecule has 2 aliphatic rings. The predicted octanol–water partition coefficient (Wildman–Crippen LogP) is 2.19. The summed E-state index contributed by atoms with van der Waals surface area (Å²) in [6, 6.07) is 2.25. The molecular weight excluding hydrogens is 276 g/mol. The second-order valence-electron chi connectivity index (χ2n) is 6.75. The fourth-order valence-electron chi connectivity index (χ4n) is 3.84. The van der Waals surface area contributed by atoms with Crippen molar-refractivity contribution in [2.75, 3.05) is 13.1 Å². The quantitative estimate of drug-likeness (QED) is 0.900. The summed E-state index contributed by atoms with van der Waals surface area (Å²) in [5, 5.41) is 11.1. The lowest BCUT2D eigenvalue weighted by atomic mass is 9.86. The summed E-state index contributed by atoms with van der Waals surface area (Å²) in [7, 11) is 0. The predicted molar refractivity (Wildman–Crippen MR) is 86.6 cm³/mol. The number of hydrogen-bond donors (Lipinski definition) is 2. The molecular formula is C17H28N4O. The molecule has 1 saturated carbocycles. The van der Waals surface area contributed by atoms with Crippen LogP contribution in [0.3, 0.4) is 0 Å². The number of carbonyl (C=O) groups is 1. The van der Waals surface area contributed by atoms with Gasteiger partial charge in [-0.1, -0.05) is 32.1 Å². The Morgan fingerprint density at radius 1 is 1.14 bits per heavy atom. The standard InChI is InChI=1S/C17H28N4O/c22-16(20-15-7-4-2-1-3-5-8-15)17(9-12-18-13-10-17)21-14-6-11-19-21/h6,11,14-15,18H,1-5,7-10,12-13H2,(H,20,22). The van der Waals surface area contributed by atoms with E-state index < -0.39 is 5.54 Å². The Morgan fingerprint density at radius 3 is 2.45 bits per heavy atom. The molecule has 1 aromatic rings. The maximum atomic E-state index is 13.1. The van der Waals surface area contributed by atoms with E-state index in [1.54, 1.807) is 6.20 Å². The van der Waals surface area contributed by atoms with E-state index in [-0.39, 0.29) is 5.91 Å². The van der Waals surface area contributed by atoms with Gasteiger partial charge in [-0.15, -0.1) is 0 Å². The molecule has 2 fully saturated rings. The van der Waals surface area contributed by atoms with Crippen LogP contribution in [0.5, 0.6) is 0 Å². The highest BCUT2D eigenvalue weighted by molar-refractivity contribution is 5.84. The molecule has 0 aromatic carbocycles. The largest absolute Gasteiger partial charge is 0.351 e. The van der Waals surface area contributed by atoms with Gasteiger partial charge in [-0.3, -0.25) is 9.48 Å². The molecule has 2 heterocycles. The summed E-state index contributed by atoms with van der Waals surface area (Å²) in [5.41, 5.74) is -0.503. The van der Waals surface area contributed by atoms with E-state index in [1.807, 2.05) is 16.9 Å². The van der Waals surface area contributed by atoms with Crippen molar-refractivity contribution in [3.63, 3.8) is 0 Å². The topological polar surface area (TPSA) is 59.0 Å². The van der Waals surface area contributed by atoms with E-state index in [0.717, 1.165) is 38.8 Å². The summed E-state index contributed by atoms with van der Waals surface area (Å²) < 4.78 is 1.88. The summed E-state index contributed by atoms with van der Waals surface area (Å²) in [4.78, 5) is 13.1. The number of hydrogen-bond acceptors (Lipinski definition) is 3. The molecule has 1 aromatic heterocycles. The van der Waals surface area contributed by atoms with Crippen LogP contribution >= 0.6 is 0 Å². The summed E-state index contributed by atoms with van der Waals surface area (Å²) in [6.07, 6.45) is 14.0. The van der Waals surface area contributed by atoms with Gasteiger partial charge in [-0.25, -0.2) is 0 Å². The lowest BCUT2D eigenvalue weighted by molar-refractivity contribution is -0.132. The number of nitrogens with one attached hydrogen (secondary N) is 2. The van der Waals surface area contributed by atoms with Gasteiger partial charge in [0, 0.05) is 18.4 Å². The van der Waals surface area contributed by atoms with E-state index in [0.29, 0.717) is 6.04 Å². The number of carbonyl (C=O) groups excluding carboxylic acids is 1. The highest BCUT2D eigenvalue weighted by Crippen LogP contribution is 2.28. The van der Waals surface area contributed by atoms with E-state index in [1.165, 1.54) is 32.1 Å². The molecule has 122 valence electrons. The first-order valence-electron chi connectivity index (χ1n) is 8.83. The highest BCUT2D eigenvalue weighted by Gasteiger charge is 2.42. The smallest absolute Gasteiger partial charge is 0.248 e. The molecule has 1 saturated heterocycles. The lowest BCUT2D eigenvalue weighted by Gasteiger charge is -2.37. The minimum atomic E-state index is -0.503. The summed E-state index contributed by atoms with van der Waals surface area (Å²) >= 11 is 0. The molecule has 0 spiro atoms. The van der Waals surface area contributed by atoms with Gasteiger partial charge in [0.05, 0.1) is 0 Å². The minimum absolute atomic E-state index is 0.170. The SMILES string of the molecule is O=C(NC1CCCCCCC1)C1(n2cccn2)CCNCC1. The second-order valence-corrected chi connectivity index (χ2v) is 6.75. The molecule has 1 amide bonds. The molecule has 0 radical (unpaired) electrons. The monoisotopic (exact) mass is 304 g/mol. The van der Waals surface area contributed by atoms with E-state index in [2.05, 4.69) is 15.7 Å². The average Bonchev–Trinajstić information content (AvgIpc) is 3.05. The van der Waals surface area contributed by atoms with Crippen LogP contribution in [0.25, 0.3) is 0 Å². The van der Waals surface area contributed by atoms with E-state index in [9.17, 15) is 4.79 Å². The number of piperidine rings is 1. The number of aromatic nitrogens is 2. The van der Waals surface area contributed by atoms with Crippen molar-refractivity contribution in [1.82, 2.24) is 20.4 Å². The van der Waals surface area contributed by atoms with Crippen molar-refractivity contribution in [3.8, 4) is 0 Å². The van der Waals surface area contributed by atoms with Gasteiger partial charge >= 0.3 is 0 Å². The maximum absolute atomic E-state index is 13.1. The van der Waals surface area contributed by atoms with Crippen LogP contribution in [0.1, 0.15) is 57.8 Å². The zero-order valence-corrected chi connectivity index (χ0v) is 13.4. The van der Waals surface area contributed by atoms with Crippen LogP contribution in [0.15, 0.2) is 18.5 Å². The van der Waals surface area contributed by atoms with Gasteiger partial charge in [-0.05, 0) is 44.8 Å². The number of nitrogens with zero attached hydrogens (tertiary/aromatic N) is 2. The molecule has 0 atom stereocenters. The third-order valence-corrected chi connectivity index (χ3v) is 5.24. The van der Waals surface area contributed by atoms with Crippen molar-refractivity contribution < 1.29 is 4.79 Å². The van der Waals surface area contributed by atoms with Crippen molar-refractivity contribution in [2.24, 2.45) is 0 Å². The molecule has 1 aliphatic heterocycles. The van der Waals surface area contributed by atoms with Gasteiger partial charge in [0.2, 0.25) is 5.91 Å². The third kappa shape index (κ3) is 3.35. The van der Waals surface area contributed by atoms with Crippen molar-refractivity contribution in [1.29, 1.82) is 0 Å². The Balaban J connectivity index is 1.71. The van der Waals surface area contributed by atoms with Crippen LogP contribution < -0.4 is 10.6 Å². The van der Waals surface area contributed by atoms with E-state index in [4.69, 9.17) is 0 Å². The zero-order chi connectivity index (χ0) is 15.3. The Bertz CT molecular complexity index is 457. The van der Waals surface area contributed by atoms with Crippen LogP contribution in [0, 0.1) is 0 Å². The Morgan fingerprint density at radius 2 is 1.82 bits per heavy atom. The molecule has 3 rings (SSSR count). The Labute approximate surface area is 132 Å². The molecule has 2 N–H and O–H groups in total. The first kappa shape index (κ1) is 15.5. The second kappa shape index (κ2) is 7.27. The fourth-order valence-corrected chi connectivity index (χ4v) is 3.84. The van der Waals surface area contributed by atoms with Gasteiger partial charge in [0.1, 0.15) is 5.54 Å². The van der Waals surface area contributed by atoms with Crippen molar-refractivity contribution in [3.05, 3.63) is 18.5 Å². The van der Waals surface area contributed by atoms with Crippen molar-refractivity contribution in [2.45, 2.75) is 69.4 Å². The minimum Gasteiger partial charge on any atom is -0.351 e.